The summed E-state index contributed by atoms with van der Waals surface area (Å²) in [6.45, 7) is 3.27. The van der Waals surface area contributed by atoms with Gasteiger partial charge in [0.2, 0.25) is 0 Å². The Hall–Kier alpha value is -2.26. The van der Waals surface area contributed by atoms with Gasteiger partial charge in [0.25, 0.3) is 5.75 Å². The first-order valence-corrected chi connectivity index (χ1v) is 6.44. The maximum atomic E-state index is 11.1. The zero-order valence-corrected chi connectivity index (χ0v) is 11.5. The van der Waals surface area contributed by atoms with Crippen LogP contribution in [0.25, 0.3) is 0 Å². The minimum absolute atomic E-state index is 0.314. The van der Waals surface area contributed by atoms with Gasteiger partial charge in [-0.3, -0.25) is 20.2 Å². The first-order chi connectivity index (χ1) is 10.0. The van der Waals surface area contributed by atoms with E-state index in [0.717, 1.165) is 13.1 Å². The molecule has 114 valence electrons. The second kappa shape index (κ2) is 6.46. The number of hydrogen-bond donors (Lipinski definition) is 1. The Balaban J connectivity index is 2.37. The average Bonchev–Trinajstić information content (AvgIpc) is 2.47. The molecule has 1 aliphatic rings. The third kappa shape index (κ3) is 3.44. The number of nitro groups is 2. The van der Waals surface area contributed by atoms with Gasteiger partial charge in [0.1, 0.15) is 19.6 Å². The number of ether oxygens (including phenoxy) is 2. The van der Waals surface area contributed by atoms with Gasteiger partial charge in [-0.2, -0.15) is 0 Å². The van der Waals surface area contributed by atoms with Crippen LogP contribution in [0.2, 0.25) is 0 Å². The van der Waals surface area contributed by atoms with Gasteiger partial charge in [-0.05, 0) is 0 Å². The van der Waals surface area contributed by atoms with Crippen LogP contribution in [-0.2, 0) is 11.3 Å². The van der Waals surface area contributed by atoms with E-state index in [1.807, 2.05) is 0 Å². The molecule has 0 bridgehead atoms. The van der Waals surface area contributed by atoms with E-state index in [0.29, 0.717) is 25.3 Å². The number of benzene rings is 1. The number of morpholine rings is 1. The molecule has 9 heteroatoms. The van der Waals surface area contributed by atoms with Crippen molar-refractivity contribution < 1.29 is 24.2 Å². The predicted octanol–water partition coefficient (Wildman–Crippen LogP) is -0.0733. The Morgan fingerprint density at radius 2 is 1.71 bits per heavy atom. The van der Waals surface area contributed by atoms with Crippen molar-refractivity contribution in [3.8, 4) is 5.75 Å². The van der Waals surface area contributed by atoms with Crippen LogP contribution < -0.4 is 9.64 Å². The normalized spacial score (nSPS) is 15.7. The molecule has 21 heavy (non-hydrogen) atoms. The number of rotatable bonds is 5. The van der Waals surface area contributed by atoms with Gasteiger partial charge < -0.3 is 14.4 Å². The number of hydrogen-bond acceptors (Lipinski definition) is 6. The van der Waals surface area contributed by atoms with Crippen LogP contribution in [0, 0.1) is 20.2 Å². The lowest BCUT2D eigenvalue weighted by Gasteiger charge is -2.23. The van der Waals surface area contributed by atoms with E-state index >= 15 is 0 Å². The van der Waals surface area contributed by atoms with Gasteiger partial charge in [0.15, 0.2) is 0 Å². The number of methoxy groups -OCH3 is 1. The van der Waals surface area contributed by atoms with E-state index in [-0.39, 0.29) is 17.1 Å². The summed E-state index contributed by atoms with van der Waals surface area (Å²) < 4.78 is 10.1. The summed E-state index contributed by atoms with van der Waals surface area (Å²) in [6, 6.07) is 2.68. The molecule has 1 saturated heterocycles. The van der Waals surface area contributed by atoms with Gasteiger partial charge in [-0.1, -0.05) is 0 Å². The highest BCUT2D eigenvalue weighted by molar-refractivity contribution is 5.61. The van der Waals surface area contributed by atoms with Crippen LogP contribution in [0.5, 0.6) is 5.75 Å². The molecule has 1 aliphatic heterocycles. The first-order valence-electron chi connectivity index (χ1n) is 6.44. The SMILES string of the molecule is COc1c([N+](=O)[O-])cc(C[NH+]2CCOCC2)cc1[N+](=O)[O-]. The van der Waals surface area contributed by atoms with Crippen molar-refractivity contribution in [3.05, 3.63) is 37.9 Å². The van der Waals surface area contributed by atoms with Crippen LogP contribution in [0.3, 0.4) is 0 Å². The van der Waals surface area contributed by atoms with Crippen LogP contribution in [-0.4, -0.2) is 43.3 Å². The fourth-order valence-corrected chi connectivity index (χ4v) is 2.36. The minimum atomic E-state index is -0.663. The number of nitrogens with one attached hydrogen (secondary N) is 1. The van der Waals surface area contributed by atoms with Crippen molar-refractivity contribution in [2.45, 2.75) is 6.54 Å². The largest absolute Gasteiger partial charge is 0.485 e. The fraction of sp³-hybridized carbons (Fsp3) is 0.500. The molecule has 0 saturated carbocycles. The Labute approximate surface area is 120 Å². The van der Waals surface area contributed by atoms with Gasteiger partial charge in [0.05, 0.1) is 30.2 Å². The molecular formula is C12H16N3O6+. The topological polar surface area (TPSA) is 109 Å². The highest BCUT2D eigenvalue weighted by Gasteiger charge is 2.29. The molecule has 1 heterocycles. The van der Waals surface area contributed by atoms with Gasteiger partial charge >= 0.3 is 11.4 Å². The molecule has 0 amide bonds. The molecule has 1 aromatic rings. The van der Waals surface area contributed by atoms with E-state index in [9.17, 15) is 20.2 Å². The lowest BCUT2D eigenvalue weighted by Crippen LogP contribution is -3.12. The Kier molecular flexibility index (Phi) is 4.66. The highest BCUT2D eigenvalue weighted by atomic mass is 16.6. The van der Waals surface area contributed by atoms with Crippen LogP contribution in [0.15, 0.2) is 12.1 Å². The number of quaternary nitrogens is 1. The van der Waals surface area contributed by atoms with Crippen molar-refractivity contribution in [2.24, 2.45) is 0 Å². The van der Waals surface area contributed by atoms with Gasteiger partial charge in [-0.25, -0.2) is 0 Å². The van der Waals surface area contributed by atoms with E-state index in [2.05, 4.69) is 0 Å². The first kappa shape index (κ1) is 15.1. The van der Waals surface area contributed by atoms with E-state index in [1.54, 1.807) is 0 Å². The molecule has 2 rings (SSSR count). The second-order valence-electron chi connectivity index (χ2n) is 4.72. The molecule has 0 radical (unpaired) electrons. The fourth-order valence-electron chi connectivity index (χ4n) is 2.36. The van der Waals surface area contributed by atoms with Crippen molar-refractivity contribution in [1.82, 2.24) is 0 Å². The summed E-state index contributed by atoms with van der Waals surface area (Å²) in [7, 11) is 1.18. The quantitative estimate of drug-likeness (QED) is 0.602. The molecule has 1 aromatic carbocycles. The van der Waals surface area contributed by atoms with Crippen molar-refractivity contribution >= 4 is 11.4 Å². The van der Waals surface area contributed by atoms with E-state index in [1.165, 1.54) is 24.1 Å². The molecule has 0 aliphatic carbocycles. The Morgan fingerprint density at radius 3 is 2.14 bits per heavy atom. The van der Waals surface area contributed by atoms with Gasteiger partial charge in [-0.15, -0.1) is 0 Å². The minimum Gasteiger partial charge on any atom is -0.485 e. The van der Waals surface area contributed by atoms with Crippen LogP contribution >= 0.6 is 0 Å². The monoisotopic (exact) mass is 298 g/mol. The summed E-state index contributed by atoms with van der Waals surface area (Å²) in [5.74, 6) is -0.314. The lowest BCUT2D eigenvalue weighted by molar-refractivity contribution is -0.921. The van der Waals surface area contributed by atoms with E-state index in [4.69, 9.17) is 9.47 Å². The lowest BCUT2D eigenvalue weighted by atomic mass is 10.1. The van der Waals surface area contributed by atoms with E-state index < -0.39 is 9.85 Å². The smallest absolute Gasteiger partial charge is 0.318 e. The highest BCUT2D eigenvalue weighted by Crippen LogP contribution is 2.37. The predicted molar refractivity (Wildman–Crippen MR) is 71.5 cm³/mol. The molecule has 0 spiro atoms. The van der Waals surface area contributed by atoms with Gasteiger partial charge in [0, 0.05) is 17.7 Å². The maximum Gasteiger partial charge on any atom is 0.318 e. The van der Waals surface area contributed by atoms with Crippen molar-refractivity contribution in [3.63, 3.8) is 0 Å². The summed E-state index contributed by atoms with van der Waals surface area (Å²) in [5.41, 5.74) is -0.213. The molecule has 1 fully saturated rings. The molecule has 1 N–H and O–H groups in total. The number of nitrogens with zero attached hydrogens (tertiary/aromatic N) is 2. The van der Waals surface area contributed by atoms with Crippen molar-refractivity contribution in [2.75, 3.05) is 33.4 Å². The molecule has 9 nitrogen and oxygen atoms in total. The van der Waals surface area contributed by atoms with Crippen molar-refractivity contribution in [1.29, 1.82) is 0 Å². The summed E-state index contributed by atoms with van der Waals surface area (Å²) in [4.78, 5) is 22.0. The van der Waals surface area contributed by atoms with Crippen LogP contribution in [0.4, 0.5) is 11.4 Å². The Morgan fingerprint density at radius 1 is 1.19 bits per heavy atom. The van der Waals surface area contributed by atoms with Crippen LogP contribution in [0.1, 0.15) is 5.56 Å². The summed E-state index contributed by atoms with van der Waals surface area (Å²) >= 11 is 0. The zero-order valence-electron chi connectivity index (χ0n) is 11.5. The Bertz CT molecular complexity index is 521. The zero-order chi connectivity index (χ0) is 15.4. The standard InChI is InChI=1S/C12H15N3O6/c1-20-12-10(14(16)17)6-9(7-11(12)15(18)19)8-13-2-4-21-5-3-13/h6-7H,2-5,8H2,1H3/p+1. The third-order valence-electron chi connectivity index (χ3n) is 3.36. The maximum absolute atomic E-state index is 11.1. The third-order valence-corrected chi connectivity index (χ3v) is 3.36. The molecule has 0 aromatic heterocycles. The summed E-state index contributed by atoms with van der Waals surface area (Å²) in [5, 5.41) is 22.2. The average molecular weight is 298 g/mol. The summed E-state index contributed by atoms with van der Waals surface area (Å²) in [6.07, 6.45) is 0. The number of nitro benzene ring substituents is 2. The molecular weight excluding hydrogens is 282 g/mol. The second-order valence-corrected chi connectivity index (χ2v) is 4.72. The molecule has 0 unspecified atom stereocenters. The molecule has 0 atom stereocenters.